The molecule has 4 nitrogen and oxygen atoms in total. The first-order valence-electron chi connectivity index (χ1n) is 5.06. The molecule has 1 unspecified atom stereocenters. The summed E-state index contributed by atoms with van der Waals surface area (Å²) in [6.07, 6.45) is 5.20. The Balaban J connectivity index is 1.93. The molecule has 2 heterocycles. The van der Waals surface area contributed by atoms with Crippen LogP contribution in [0.4, 0.5) is 0 Å². The van der Waals surface area contributed by atoms with E-state index in [0.29, 0.717) is 11.0 Å². The van der Waals surface area contributed by atoms with Crippen LogP contribution in [0.5, 0.6) is 0 Å². The number of rotatable bonds is 3. The third-order valence-electron chi connectivity index (χ3n) is 2.64. The normalized spacial score (nSPS) is 17.6. The molecule has 0 amide bonds. The van der Waals surface area contributed by atoms with Crippen LogP contribution in [0, 0.1) is 0 Å². The van der Waals surface area contributed by atoms with Crippen LogP contribution in [0.15, 0.2) is 22.5 Å². The first kappa shape index (κ1) is 10.4. The van der Waals surface area contributed by atoms with Gasteiger partial charge in [0.15, 0.2) is 0 Å². The highest BCUT2D eigenvalue weighted by Crippen LogP contribution is 2.38. The zero-order valence-electron chi connectivity index (χ0n) is 8.38. The van der Waals surface area contributed by atoms with Crippen molar-refractivity contribution >= 4 is 27.3 Å². The molecule has 16 heavy (non-hydrogen) atoms. The Morgan fingerprint density at radius 2 is 2.38 bits per heavy atom. The minimum Gasteiger partial charge on any atom is -0.380 e. The van der Waals surface area contributed by atoms with Gasteiger partial charge < -0.3 is 9.67 Å². The Kier molecular flexibility index (Phi) is 2.57. The van der Waals surface area contributed by atoms with E-state index in [1.165, 1.54) is 24.2 Å². The van der Waals surface area contributed by atoms with Crippen LogP contribution in [0.3, 0.4) is 0 Å². The number of hydrogen-bond donors (Lipinski definition) is 1. The van der Waals surface area contributed by atoms with Crippen molar-refractivity contribution in [2.75, 3.05) is 0 Å². The molecule has 0 radical (unpaired) electrons. The second-order valence-electron chi connectivity index (χ2n) is 3.87. The lowest BCUT2D eigenvalue weighted by Gasteiger charge is -2.10. The van der Waals surface area contributed by atoms with Gasteiger partial charge in [-0.05, 0) is 28.8 Å². The van der Waals surface area contributed by atoms with E-state index in [2.05, 4.69) is 30.5 Å². The summed E-state index contributed by atoms with van der Waals surface area (Å²) in [5.41, 5.74) is 0.837. The first-order valence-corrected chi connectivity index (χ1v) is 6.73. The van der Waals surface area contributed by atoms with Crippen LogP contribution in [-0.2, 0) is 0 Å². The third kappa shape index (κ3) is 1.81. The van der Waals surface area contributed by atoms with Gasteiger partial charge in [0.2, 0.25) is 0 Å². The van der Waals surface area contributed by atoms with Gasteiger partial charge >= 0.3 is 0 Å². The van der Waals surface area contributed by atoms with E-state index in [-0.39, 0.29) is 0 Å². The van der Waals surface area contributed by atoms with E-state index in [1.807, 2.05) is 5.38 Å². The van der Waals surface area contributed by atoms with E-state index in [1.54, 1.807) is 12.5 Å². The maximum atomic E-state index is 10.2. The highest BCUT2D eigenvalue weighted by Gasteiger charge is 2.28. The number of imidazole rings is 1. The molecule has 1 saturated carbocycles. The fourth-order valence-corrected chi connectivity index (χ4v) is 2.96. The quantitative estimate of drug-likeness (QED) is 0.947. The van der Waals surface area contributed by atoms with E-state index >= 15 is 0 Å². The lowest BCUT2D eigenvalue weighted by Crippen LogP contribution is -2.06. The molecule has 2 aromatic heterocycles. The number of aliphatic hydroxyl groups excluding tert-OH is 1. The molecule has 1 aliphatic rings. The Morgan fingerprint density at radius 1 is 1.56 bits per heavy atom. The van der Waals surface area contributed by atoms with E-state index in [4.69, 9.17) is 0 Å². The van der Waals surface area contributed by atoms with Gasteiger partial charge in [-0.15, -0.1) is 11.3 Å². The summed E-state index contributed by atoms with van der Waals surface area (Å²) in [5.74, 6) is 0. The number of hydrogen-bond acceptors (Lipinski definition) is 4. The smallest absolute Gasteiger partial charge is 0.147 e. The summed E-state index contributed by atoms with van der Waals surface area (Å²) < 4.78 is 2.82. The van der Waals surface area contributed by atoms with Crippen LogP contribution < -0.4 is 0 Å². The van der Waals surface area contributed by atoms with Crippen LogP contribution in [0.25, 0.3) is 0 Å². The number of thiazole rings is 1. The van der Waals surface area contributed by atoms with Crippen LogP contribution in [-0.4, -0.2) is 19.6 Å². The predicted octanol–water partition coefficient (Wildman–Crippen LogP) is 2.52. The van der Waals surface area contributed by atoms with Gasteiger partial charge in [0.25, 0.3) is 0 Å². The largest absolute Gasteiger partial charge is 0.380 e. The number of aromatic nitrogens is 3. The second kappa shape index (κ2) is 3.94. The van der Waals surface area contributed by atoms with Crippen LogP contribution >= 0.6 is 27.3 Å². The van der Waals surface area contributed by atoms with Gasteiger partial charge in [-0.3, -0.25) is 0 Å². The fourth-order valence-electron chi connectivity index (χ4n) is 1.70. The van der Waals surface area contributed by atoms with E-state index in [9.17, 15) is 5.11 Å². The fraction of sp³-hybridized carbons (Fsp3) is 0.400. The maximum absolute atomic E-state index is 10.2. The molecular formula is C10H10BrN3OS. The zero-order chi connectivity index (χ0) is 11.1. The van der Waals surface area contributed by atoms with Crippen molar-refractivity contribution in [3.63, 3.8) is 0 Å². The minimum absolute atomic E-state index is 0.524. The molecule has 0 aliphatic heterocycles. The highest BCUT2D eigenvalue weighted by atomic mass is 79.9. The highest BCUT2D eigenvalue weighted by molar-refractivity contribution is 9.10. The molecule has 1 N–H and O–H groups in total. The van der Waals surface area contributed by atoms with Gasteiger partial charge in [-0.1, -0.05) is 0 Å². The summed E-state index contributed by atoms with van der Waals surface area (Å²) in [6.45, 7) is 0. The second-order valence-corrected chi connectivity index (χ2v) is 5.57. The van der Waals surface area contributed by atoms with Crippen LogP contribution in [0.1, 0.15) is 35.7 Å². The third-order valence-corrected chi connectivity index (χ3v) is 4.25. The van der Waals surface area contributed by atoms with Crippen molar-refractivity contribution < 1.29 is 5.11 Å². The SMILES string of the molecule is OC(c1nc(Br)cs1)c1cncn1C1CC1. The summed E-state index contributed by atoms with van der Waals surface area (Å²) in [5, 5.41) is 12.8. The standard InChI is InChI=1S/C10H10BrN3OS/c11-8-4-16-10(13-8)9(15)7-3-12-5-14(7)6-1-2-6/h3-6,9,15H,1-2H2. The molecule has 0 aromatic carbocycles. The lowest BCUT2D eigenvalue weighted by atomic mass is 10.3. The molecule has 1 fully saturated rings. The van der Waals surface area contributed by atoms with Crippen molar-refractivity contribution in [1.82, 2.24) is 14.5 Å². The molecule has 1 atom stereocenters. The summed E-state index contributed by atoms with van der Waals surface area (Å²) in [6, 6.07) is 0.524. The molecule has 0 bridgehead atoms. The van der Waals surface area contributed by atoms with Gasteiger partial charge in [-0.25, -0.2) is 9.97 Å². The van der Waals surface area contributed by atoms with Crippen molar-refractivity contribution in [2.24, 2.45) is 0 Å². The van der Waals surface area contributed by atoms with Gasteiger partial charge in [-0.2, -0.15) is 0 Å². The maximum Gasteiger partial charge on any atom is 0.147 e. The van der Waals surface area contributed by atoms with Crippen molar-refractivity contribution in [3.8, 4) is 0 Å². The summed E-state index contributed by atoms with van der Waals surface area (Å²) >= 11 is 4.74. The zero-order valence-corrected chi connectivity index (χ0v) is 10.8. The monoisotopic (exact) mass is 299 g/mol. The Bertz CT molecular complexity index is 506. The lowest BCUT2D eigenvalue weighted by molar-refractivity contribution is 0.209. The predicted molar refractivity (Wildman–Crippen MR) is 64.4 cm³/mol. The molecule has 1 aliphatic carbocycles. The Hall–Kier alpha value is -0.720. The van der Waals surface area contributed by atoms with Gasteiger partial charge in [0.1, 0.15) is 15.7 Å². The van der Waals surface area contributed by atoms with Gasteiger partial charge in [0, 0.05) is 11.4 Å². The average Bonchev–Trinajstić information content (AvgIpc) is 2.85. The van der Waals surface area contributed by atoms with Crippen LogP contribution in [0.2, 0.25) is 0 Å². The van der Waals surface area contributed by atoms with Crippen molar-refractivity contribution in [2.45, 2.75) is 25.0 Å². The first-order chi connectivity index (χ1) is 7.75. The van der Waals surface area contributed by atoms with Crippen molar-refractivity contribution in [3.05, 3.63) is 33.2 Å². The molecule has 0 spiro atoms. The minimum atomic E-state index is -0.667. The number of nitrogens with zero attached hydrogens (tertiary/aromatic N) is 3. The molecular weight excluding hydrogens is 290 g/mol. The van der Waals surface area contributed by atoms with E-state index < -0.39 is 6.10 Å². The van der Waals surface area contributed by atoms with E-state index in [0.717, 1.165) is 10.3 Å². The summed E-state index contributed by atoms with van der Waals surface area (Å²) in [7, 11) is 0. The van der Waals surface area contributed by atoms with Crippen molar-refractivity contribution in [1.29, 1.82) is 0 Å². The molecule has 2 aromatic rings. The Labute approximate surface area is 105 Å². The number of halogens is 1. The number of aliphatic hydroxyl groups is 1. The topological polar surface area (TPSA) is 50.9 Å². The van der Waals surface area contributed by atoms with Gasteiger partial charge in [0.05, 0.1) is 18.2 Å². The molecule has 0 saturated heterocycles. The molecule has 84 valence electrons. The Morgan fingerprint density at radius 3 is 3.00 bits per heavy atom. The summed E-state index contributed by atoms with van der Waals surface area (Å²) in [4.78, 5) is 8.34. The molecule has 6 heteroatoms. The molecule has 3 rings (SSSR count). The average molecular weight is 300 g/mol.